The van der Waals surface area contributed by atoms with Crippen LogP contribution in [-0.4, -0.2) is 21.9 Å². The fourth-order valence-corrected chi connectivity index (χ4v) is 2.01. The Morgan fingerprint density at radius 1 is 1.44 bits per heavy atom. The van der Waals surface area contributed by atoms with Crippen LogP contribution in [0.15, 0.2) is 41.3 Å². The van der Waals surface area contributed by atoms with E-state index in [4.69, 9.17) is 22.4 Å². The molecule has 0 spiro atoms. The molecule has 5 heteroatoms. The van der Waals surface area contributed by atoms with Gasteiger partial charge < -0.3 is 10.2 Å². The maximum absolute atomic E-state index is 5.66. The molecular formula is C13H15N3OS. The summed E-state index contributed by atoms with van der Waals surface area (Å²) in [5.41, 5.74) is 8.54. The summed E-state index contributed by atoms with van der Waals surface area (Å²) < 4.78 is 5.05. The summed E-state index contributed by atoms with van der Waals surface area (Å²) in [5, 5.41) is 0. The van der Waals surface area contributed by atoms with Crippen molar-refractivity contribution in [3.05, 3.63) is 53.7 Å². The molecule has 18 heavy (non-hydrogen) atoms. The molecule has 0 radical (unpaired) electrons. The number of furan rings is 1. The predicted molar refractivity (Wildman–Crippen MR) is 74.0 cm³/mol. The minimum absolute atomic E-state index is 0.335. The molecule has 0 saturated heterocycles. The van der Waals surface area contributed by atoms with Gasteiger partial charge in [-0.3, -0.25) is 9.88 Å². The van der Waals surface area contributed by atoms with Crippen molar-refractivity contribution >= 4 is 17.2 Å². The highest BCUT2D eigenvalue weighted by Gasteiger charge is 2.09. The van der Waals surface area contributed by atoms with Crippen LogP contribution in [0.4, 0.5) is 0 Å². The Kier molecular flexibility index (Phi) is 4.07. The fraction of sp³-hybridized carbons (Fsp3) is 0.231. The number of hydrogen-bond donors (Lipinski definition) is 1. The van der Waals surface area contributed by atoms with Crippen LogP contribution in [0.5, 0.6) is 0 Å². The van der Waals surface area contributed by atoms with E-state index < -0.39 is 0 Å². The third-order valence-corrected chi connectivity index (χ3v) is 2.79. The average Bonchev–Trinajstić information content (AvgIpc) is 2.82. The third kappa shape index (κ3) is 3.15. The van der Waals surface area contributed by atoms with E-state index in [1.165, 1.54) is 0 Å². The lowest BCUT2D eigenvalue weighted by Gasteiger charge is -2.17. The molecule has 2 heterocycles. The van der Waals surface area contributed by atoms with Crippen molar-refractivity contribution in [3.63, 3.8) is 0 Å². The lowest BCUT2D eigenvalue weighted by Crippen LogP contribution is -2.21. The van der Waals surface area contributed by atoms with Crippen LogP contribution in [0, 0.1) is 0 Å². The van der Waals surface area contributed by atoms with Gasteiger partial charge in [-0.1, -0.05) is 18.3 Å². The molecule has 2 aromatic heterocycles. The van der Waals surface area contributed by atoms with Crippen LogP contribution in [0.2, 0.25) is 0 Å². The number of hydrogen-bond acceptors (Lipinski definition) is 4. The van der Waals surface area contributed by atoms with Crippen LogP contribution in [0.3, 0.4) is 0 Å². The van der Waals surface area contributed by atoms with Crippen molar-refractivity contribution in [1.29, 1.82) is 0 Å². The molecule has 0 aliphatic rings. The molecule has 0 aromatic carbocycles. The van der Waals surface area contributed by atoms with Crippen molar-refractivity contribution in [2.24, 2.45) is 5.73 Å². The zero-order valence-corrected chi connectivity index (χ0v) is 11.0. The zero-order chi connectivity index (χ0) is 13.0. The number of thiocarbonyl (C=S) groups is 1. The molecule has 4 nitrogen and oxygen atoms in total. The summed E-state index contributed by atoms with van der Waals surface area (Å²) >= 11 is 5.00. The van der Waals surface area contributed by atoms with Gasteiger partial charge in [-0.2, -0.15) is 0 Å². The second kappa shape index (κ2) is 5.75. The number of rotatable bonds is 5. The van der Waals surface area contributed by atoms with Crippen LogP contribution in [0.1, 0.15) is 16.8 Å². The minimum atomic E-state index is 0.335. The molecule has 0 aliphatic heterocycles. The topological polar surface area (TPSA) is 55.3 Å². The van der Waals surface area contributed by atoms with E-state index in [9.17, 15) is 0 Å². The Labute approximate surface area is 111 Å². The molecule has 0 fully saturated rings. The van der Waals surface area contributed by atoms with Crippen molar-refractivity contribution in [1.82, 2.24) is 9.88 Å². The Bertz CT molecular complexity index is 525. The SMILES string of the molecule is CN(Cc1ccoc1)Cc1cccnc1C(N)=S. The highest BCUT2D eigenvalue weighted by molar-refractivity contribution is 7.80. The molecule has 0 saturated carbocycles. The summed E-state index contributed by atoms with van der Waals surface area (Å²) in [6.07, 6.45) is 5.12. The number of aromatic nitrogens is 1. The van der Waals surface area contributed by atoms with Gasteiger partial charge in [-0.05, 0) is 24.7 Å². The second-order valence-corrected chi connectivity index (χ2v) is 4.62. The summed E-state index contributed by atoms with van der Waals surface area (Å²) in [5.74, 6) is 0. The van der Waals surface area contributed by atoms with Gasteiger partial charge in [0.05, 0.1) is 12.5 Å². The van der Waals surface area contributed by atoms with Gasteiger partial charge in [-0.15, -0.1) is 0 Å². The first-order valence-electron chi connectivity index (χ1n) is 5.60. The first-order chi connectivity index (χ1) is 8.66. The van der Waals surface area contributed by atoms with E-state index in [-0.39, 0.29) is 0 Å². The quantitative estimate of drug-likeness (QED) is 0.834. The van der Waals surface area contributed by atoms with E-state index in [0.717, 1.165) is 24.2 Å². The number of nitrogens with two attached hydrogens (primary N) is 1. The van der Waals surface area contributed by atoms with Gasteiger partial charge in [0.15, 0.2) is 0 Å². The predicted octanol–water partition coefficient (Wildman–Crippen LogP) is 1.94. The van der Waals surface area contributed by atoms with E-state index >= 15 is 0 Å². The second-order valence-electron chi connectivity index (χ2n) is 4.18. The molecule has 94 valence electrons. The molecule has 0 amide bonds. The maximum Gasteiger partial charge on any atom is 0.123 e. The Balaban J connectivity index is 2.07. The van der Waals surface area contributed by atoms with Gasteiger partial charge in [0.1, 0.15) is 10.7 Å². The smallest absolute Gasteiger partial charge is 0.123 e. The molecule has 2 aromatic rings. The third-order valence-electron chi connectivity index (χ3n) is 2.60. The molecule has 2 rings (SSSR count). The molecular weight excluding hydrogens is 246 g/mol. The van der Waals surface area contributed by atoms with E-state index in [2.05, 4.69) is 9.88 Å². The maximum atomic E-state index is 5.66. The Hall–Kier alpha value is -1.72. The molecule has 2 N–H and O–H groups in total. The van der Waals surface area contributed by atoms with Crippen molar-refractivity contribution in [3.8, 4) is 0 Å². The van der Waals surface area contributed by atoms with Crippen LogP contribution >= 0.6 is 12.2 Å². The average molecular weight is 261 g/mol. The molecule has 0 atom stereocenters. The number of nitrogens with zero attached hydrogens (tertiary/aromatic N) is 2. The van der Waals surface area contributed by atoms with E-state index in [1.54, 1.807) is 18.7 Å². The summed E-state index contributed by atoms with van der Waals surface area (Å²) in [6, 6.07) is 5.84. The molecule has 0 unspecified atom stereocenters. The highest BCUT2D eigenvalue weighted by atomic mass is 32.1. The van der Waals surface area contributed by atoms with E-state index in [0.29, 0.717) is 10.7 Å². The van der Waals surface area contributed by atoms with Crippen LogP contribution in [0.25, 0.3) is 0 Å². The van der Waals surface area contributed by atoms with Gasteiger partial charge >= 0.3 is 0 Å². The van der Waals surface area contributed by atoms with Crippen molar-refractivity contribution in [2.75, 3.05) is 7.05 Å². The lowest BCUT2D eigenvalue weighted by molar-refractivity contribution is 0.317. The van der Waals surface area contributed by atoms with Crippen molar-refractivity contribution in [2.45, 2.75) is 13.1 Å². The van der Waals surface area contributed by atoms with Crippen LogP contribution < -0.4 is 5.73 Å². The first kappa shape index (κ1) is 12.7. The Morgan fingerprint density at radius 3 is 2.94 bits per heavy atom. The summed E-state index contributed by atoms with van der Waals surface area (Å²) in [7, 11) is 2.03. The van der Waals surface area contributed by atoms with Gasteiger partial charge in [0.2, 0.25) is 0 Å². The van der Waals surface area contributed by atoms with Crippen LogP contribution in [-0.2, 0) is 13.1 Å². The first-order valence-corrected chi connectivity index (χ1v) is 6.01. The minimum Gasteiger partial charge on any atom is -0.472 e. The largest absolute Gasteiger partial charge is 0.472 e. The van der Waals surface area contributed by atoms with Crippen molar-refractivity contribution < 1.29 is 4.42 Å². The summed E-state index contributed by atoms with van der Waals surface area (Å²) in [6.45, 7) is 1.55. The lowest BCUT2D eigenvalue weighted by atomic mass is 10.1. The van der Waals surface area contributed by atoms with Gasteiger partial charge in [-0.25, -0.2) is 0 Å². The summed E-state index contributed by atoms with van der Waals surface area (Å²) in [4.78, 5) is 6.71. The standard InChI is InChI=1S/C13H15N3OS/c1-16(7-10-4-6-17-9-10)8-11-3-2-5-15-12(11)13(14)18/h2-6,9H,7-8H2,1H3,(H2,14,18). The van der Waals surface area contributed by atoms with Gasteiger partial charge in [0.25, 0.3) is 0 Å². The zero-order valence-electron chi connectivity index (χ0n) is 10.2. The van der Waals surface area contributed by atoms with Gasteiger partial charge in [0, 0.05) is 24.8 Å². The monoisotopic (exact) mass is 261 g/mol. The highest BCUT2D eigenvalue weighted by Crippen LogP contribution is 2.11. The molecule has 0 bridgehead atoms. The van der Waals surface area contributed by atoms with E-state index in [1.807, 2.05) is 25.2 Å². The normalized spacial score (nSPS) is 10.8. The number of pyridine rings is 1. The Morgan fingerprint density at radius 2 is 2.28 bits per heavy atom. The molecule has 0 aliphatic carbocycles. The fourth-order valence-electron chi connectivity index (χ4n) is 1.83.